The number of hydrogen-bond acceptors (Lipinski definition) is 0. The summed E-state index contributed by atoms with van der Waals surface area (Å²) in [5.41, 5.74) is 0. The van der Waals surface area contributed by atoms with E-state index >= 15 is 0 Å². The molecule has 0 aromatic heterocycles. The Labute approximate surface area is 55.2 Å². The predicted octanol–water partition coefficient (Wildman–Crippen LogP) is 3.27. The van der Waals surface area contributed by atoms with Gasteiger partial charge in [0, 0.05) is 11.5 Å². The maximum absolute atomic E-state index is 3.56. The van der Waals surface area contributed by atoms with Crippen LogP contribution in [0.25, 0.3) is 0 Å². The molecule has 0 spiro atoms. The van der Waals surface area contributed by atoms with Crippen molar-refractivity contribution in [1.29, 1.82) is 0 Å². The first-order valence-corrected chi connectivity index (χ1v) is 7.04. The van der Waals surface area contributed by atoms with Gasteiger partial charge in [-0.1, -0.05) is 6.08 Å². The normalized spacial score (nSPS) is 9.17. The summed E-state index contributed by atoms with van der Waals surface area (Å²) in [5.74, 6) is 0. The van der Waals surface area contributed by atoms with E-state index in [0.717, 1.165) is 6.16 Å². The molecule has 0 aliphatic heterocycles. The van der Waals surface area contributed by atoms with Crippen molar-refractivity contribution in [2.75, 3.05) is 6.16 Å². The molecule has 6 heavy (non-hydrogen) atoms. The van der Waals surface area contributed by atoms with Crippen LogP contribution in [0.5, 0.6) is 0 Å². The molecule has 0 fully saturated rings. The van der Waals surface area contributed by atoms with Gasteiger partial charge in [-0.05, 0) is 31.0 Å². The van der Waals surface area contributed by atoms with Crippen molar-refractivity contribution in [3.63, 3.8) is 0 Å². The second-order valence-corrected chi connectivity index (χ2v) is 9.74. The second kappa shape index (κ2) is 4.29. The van der Waals surface area contributed by atoms with Gasteiger partial charge < -0.3 is 0 Å². The highest BCUT2D eigenvalue weighted by molar-refractivity contribution is 9.69. The van der Waals surface area contributed by atoms with Crippen molar-refractivity contribution >= 4 is 36.3 Å². The lowest BCUT2D eigenvalue weighted by Crippen LogP contribution is -1.55. The van der Waals surface area contributed by atoms with Gasteiger partial charge in [-0.25, -0.2) is 0 Å². The minimum absolute atomic E-state index is 0.0936. The Balaban J connectivity index is 2.81. The topological polar surface area (TPSA) is 0 Å². The lowest BCUT2D eigenvalue weighted by Gasteiger charge is -1.88. The first-order chi connectivity index (χ1) is 2.77. The van der Waals surface area contributed by atoms with E-state index < -0.39 is 0 Å². The Bertz CT molecular complexity index is 44.1. The van der Waals surface area contributed by atoms with Gasteiger partial charge in [0.05, 0.1) is 0 Å². The van der Waals surface area contributed by atoms with Crippen molar-refractivity contribution in [2.24, 2.45) is 0 Å². The minimum atomic E-state index is -0.0936. The van der Waals surface area contributed by atoms with E-state index in [1.807, 2.05) is 6.08 Å². The van der Waals surface area contributed by atoms with Crippen LogP contribution < -0.4 is 0 Å². The maximum atomic E-state index is 3.56. The zero-order valence-electron chi connectivity index (χ0n) is 3.19. The van der Waals surface area contributed by atoms with Gasteiger partial charge in [0.25, 0.3) is 0 Å². The molecule has 0 radical (unpaired) electrons. The van der Waals surface area contributed by atoms with Crippen LogP contribution in [0, 0.1) is 0 Å². The van der Waals surface area contributed by atoms with E-state index in [0.29, 0.717) is 0 Å². The van der Waals surface area contributed by atoms with Crippen LogP contribution in [0.1, 0.15) is 0 Å². The molecule has 36 valence electrons. The van der Waals surface area contributed by atoms with Gasteiger partial charge in [0.2, 0.25) is 0 Å². The summed E-state index contributed by atoms with van der Waals surface area (Å²) in [4.78, 5) is 0. The monoisotopic (exact) mass is 230 g/mol. The summed E-state index contributed by atoms with van der Waals surface area (Å²) in [6.07, 6.45) is 2.92. The van der Waals surface area contributed by atoms with E-state index in [2.05, 4.69) is 37.6 Å². The van der Waals surface area contributed by atoms with Crippen molar-refractivity contribution in [3.05, 3.63) is 12.7 Å². The van der Waals surface area contributed by atoms with Gasteiger partial charge in [0.15, 0.2) is 0 Å². The summed E-state index contributed by atoms with van der Waals surface area (Å²) in [5, 5.41) is -0.0936. The summed E-state index contributed by atoms with van der Waals surface area (Å²) >= 11 is 6.69. The van der Waals surface area contributed by atoms with Crippen LogP contribution in [0.2, 0.25) is 0 Å². The molecular weight excluding hydrogens is 227 g/mol. The molecule has 0 N–H and O–H groups in total. The molecule has 0 nitrogen and oxygen atoms in total. The Kier molecular flexibility index (Phi) is 5.10. The quantitative estimate of drug-likeness (QED) is 0.506. The van der Waals surface area contributed by atoms with Crippen LogP contribution >= 0.6 is 36.3 Å². The lowest BCUT2D eigenvalue weighted by atomic mass is 10.8. The predicted molar refractivity (Wildman–Crippen MR) is 39.8 cm³/mol. The molecule has 3 heteroatoms. The molecule has 0 aromatic carbocycles. The first-order valence-electron chi connectivity index (χ1n) is 1.47. The highest BCUT2D eigenvalue weighted by Gasteiger charge is 1.87. The van der Waals surface area contributed by atoms with E-state index in [9.17, 15) is 0 Å². The Morgan fingerprint density at radius 2 is 2.17 bits per heavy atom. The van der Waals surface area contributed by atoms with E-state index in [-0.39, 0.29) is 5.33 Å². The van der Waals surface area contributed by atoms with Gasteiger partial charge in [-0.3, -0.25) is 0 Å². The maximum Gasteiger partial charge on any atom is 0.0384 e. The highest BCUT2D eigenvalue weighted by Crippen LogP contribution is 2.51. The molecule has 0 bridgehead atoms. The number of allylic oxidation sites excluding steroid dienone is 1. The largest absolute Gasteiger partial charge is 0.103 e. The van der Waals surface area contributed by atoms with Gasteiger partial charge in [0.1, 0.15) is 0 Å². The summed E-state index contributed by atoms with van der Waals surface area (Å²) < 4.78 is 0. The van der Waals surface area contributed by atoms with Crippen molar-refractivity contribution < 1.29 is 0 Å². The summed E-state index contributed by atoms with van der Waals surface area (Å²) in [7, 11) is 0. The molecule has 0 rings (SSSR count). The second-order valence-electron chi connectivity index (χ2n) is 0.774. The zero-order valence-corrected chi connectivity index (χ0v) is 7.26. The van der Waals surface area contributed by atoms with Gasteiger partial charge >= 0.3 is 0 Å². The molecule has 0 heterocycles. The Hall–Kier alpha value is 1.13. The average molecular weight is 232 g/mol. The third-order valence-corrected chi connectivity index (χ3v) is 2.54. The third kappa shape index (κ3) is 5.13. The Morgan fingerprint density at radius 3 is 2.17 bits per heavy atom. The van der Waals surface area contributed by atoms with Gasteiger partial charge in [-0.15, -0.1) is 6.58 Å². The number of rotatable bonds is 2. The smallest absolute Gasteiger partial charge is 0.0384 e. The fourth-order valence-electron chi connectivity index (χ4n) is 0.0976. The van der Waals surface area contributed by atoms with Crippen LogP contribution in [0.3, 0.4) is 0 Å². The fraction of sp³-hybridized carbons (Fsp3) is 0.333. The van der Waals surface area contributed by atoms with Crippen LogP contribution in [-0.2, 0) is 0 Å². The molecule has 0 saturated heterocycles. The van der Waals surface area contributed by atoms with Crippen molar-refractivity contribution in [2.45, 2.75) is 0 Å². The molecule has 0 aliphatic rings. The molecule has 0 amide bonds. The van der Waals surface area contributed by atoms with E-state index in [1.165, 1.54) is 0 Å². The summed E-state index contributed by atoms with van der Waals surface area (Å²) in [6, 6.07) is 0. The van der Waals surface area contributed by atoms with Crippen LogP contribution in [0.4, 0.5) is 0 Å². The fourth-order valence-corrected chi connectivity index (χ4v) is 1.52. The standard InChI is InChI=1S/C3H5Br2P/c1-2-3-6(4)5/h2H,1,3H2. The third-order valence-electron chi connectivity index (χ3n) is 0.267. The lowest BCUT2D eigenvalue weighted by molar-refractivity contribution is 1.83. The van der Waals surface area contributed by atoms with Crippen LogP contribution in [-0.4, -0.2) is 6.16 Å². The van der Waals surface area contributed by atoms with E-state index in [4.69, 9.17) is 0 Å². The molecule has 0 unspecified atom stereocenters. The highest BCUT2D eigenvalue weighted by atomic mass is 79.9. The van der Waals surface area contributed by atoms with Crippen LogP contribution in [0.15, 0.2) is 12.7 Å². The molecule has 0 atom stereocenters. The molecule has 0 aliphatic carbocycles. The minimum Gasteiger partial charge on any atom is -0.103 e. The van der Waals surface area contributed by atoms with Crippen molar-refractivity contribution in [3.8, 4) is 0 Å². The van der Waals surface area contributed by atoms with Gasteiger partial charge in [-0.2, -0.15) is 0 Å². The summed E-state index contributed by atoms with van der Waals surface area (Å²) in [6.45, 7) is 3.56. The number of hydrogen-bond donors (Lipinski definition) is 0. The molecule has 0 aromatic rings. The molecular formula is C3H5Br2P. The molecule has 0 saturated carbocycles. The average Bonchev–Trinajstić information content (AvgIpc) is 1.35. The van der Waals surface area contributed by atoms with Crippen molar-refractivity contribution in [1.82, 2.24) is 0 Å². The number of halogens is 2. The first kappa shape index (κ1) is 7.13. The van der Waals surface area contributed by atoms with E-state index in [1.54, 1.807) is 0 Å². The zero-order chi connectivity index (χ0) is 4.99. The SMILES string of the molecule is C=CCP(Br)Br. The Morgan fingerprint density at radius 1 is 1.67 bits per heavy atom.